The molecule has 1 aliphatic carbocycles. The van der Waals surface area contributed by atoms with Gasteiger partial charge in [0, 0.05) is 82.4 Å². The fraction of sp³-hybridized carbons (Fsp3) is 0.512. The van der Waals surface area contributed by atoms with E-state index in [0.717, 1.165) is 91.3 Å². The number of nitrogens with zero attached hydrogens (tertiary/aromatic N) is 5. The Labute approximate surface area is 313 Å². The standard InChI is InChI=1S/C43H53N5O5/c1-28-29(2)41(49)45(4)25-37(28)33-21-39(51-5)38(40(22-33)52-6)26-46-16-17-47(43(27-46)13-14-43)24-32-8-7-9-35-30(3)48(15-10-36(32)35)42(50)34(23-44)20-31-11-18-53-19-12-31/h7-9,20-22,25,30-31H,10-19,24,26-27H2,1-6H3/b34-20+. The van der Waals surface area contributed by atoms with E-state index in [9.17, 15) is 14.9 Å². The third-order valence-corrected chi connectivity index (χ3v) is 12.4. The van der Waals surface area contributed by atoms with E-state index in [-0.39, 0.29) is 34.5 Å². The zero-order chi connectivity index (χ0) is 37.4. The Kier molecular flexibility index (Phi) is 10.5. The van der Waals surface area contributed by atoms with Crippen molar-refractivity contribution in [3.8, 4) is 28.7 Å². The first-order valence-electron chi connectivity index (χ1n) is 19.1. The summed E-state index contributed by atoms with van der Waals surface area (Å²) in [6, 6.07) is 12.8. The van der Waals surface area contributed by atoms with Crippen molar-refractivity contribution in [3.05, 3.63) is 91.9 Å². The third-order valence-electron chi connectivity index (χ3n) is 12.4. The SMILES string of the molecule is COc1cc(-c2cn(C)c(=O)c(C)c2C)cc(OC)c1CN1CCN(Cc2cccc3c2CCN(C(=O)/C(C#N)=C/C2CCOCC2)C3C)C2(CC2)C1. The summed E-state index contributed by atoms with van der Waals surface area (Å²) in [7, 11) is 5.21. The number of carbonyl (C=O) groups is 1. The molecule has 0 radical (unpaired) electrons. The monoisotopic (exact) mass is 719 g/mol. The molecule has 280 valence electrons. The number of benzene rings is 2. The molecule has 3 fully saturated rings. The molecule has 1 unspecified atom stereocenters. The number of aromatic nitrogens is 1. The Bertz CT molecular complexity index is 1990. The van der Waals surface area contributed by atoms with Gasteiger partial charge in [-0.2, -0.15) is 5.26 Å². The summed E-state index contributed by atoms with van der Waals surface area (Å²) in [6.07, 6.45) is 8.62. The Morgan fingerprint density at radius 2 is 1.75 bits per heavy atom. The zero-order valence-electron chi connectivity index (χ0n) is 32.2. The van der Waals surface area contributed by atoms with Crippen LogP contribution in [0.2, 0.25) is 0 Å². The van der Waals surface area contributed by atoms with E-state index in [4.69, 9.17) is 14.2 Å². The lowest BCUT2D eigenvalue weighted by Crippen LogP contribution is -2.54. The van der Waals surface area contributed by atoms with Gasteiger partial charge in [-0.05, 0) is 98.7 Å². The van der Waals surface area contributed by atoms with Crippen molar-refractivity contribution >= 4 is 5.91 Å². The zero-order valence-corrected chi connectivity index (χ0v) is 32.2. The minimum absolute atomic E-state index is 0.0135. The summed E-state index contributed by atoms with van der Waals surface area (Å²) in [4.78, 5) is 33.3. The van der Waals surface area contributed by atoms with Crippen molar-refractivity contribution in [2.45, 2.75) is 77.5 Å². The summed E-state index contributed by atoms with van der Waals surface area (Å²) < 4.78 is 19.1. The van der Waals surface area contributed by atoms with E-state index < -0.39 is 0 Å². The maximum absolute atomic E-state index is 13.7. The van der Waals surface area contributed by atoms with Crippen molar-refractivity contribution in [2.75, 3.05) is 53.6 Å². The van der Waals surface area contributed by atoms with Crippen LogP contribution < -0.4 is 15.0 Å². The van der Waals surface area contributed by atoms with Crippen LogP contribution in [0.4, 0.5) is 0 Å². The molecule has 4 aliphatic rings. The first-order valence-corrected chi connectivity index (χ1v) is 19.1. The molecule has 4 heterocycles. The average Bonchev–Trinajstić information content (AvgIpc) is 3.95. The highest BCUT2D eigenvalue weighted by molar-refractivity contribution is 5.97. The smallest absolute Gasteiger partial charge is 0.264 e. The minimum atomic E-state index is -0.157. The number of nitriles is 1. The number of fused-ring (bicyclic) bond motifs is 1. The number of methoxy groups -OCH3 is 2. The summed E-state index contributed by atoms with van der Waals surface area (Å²) in [5, 5.41) is 9.93. The topological polar surface area (TPSA) is 100 Å². The van der Waals surface area contributed by atoms with Crippen molar-refractivity contribution in [1.29, 1.82) is 5.26 Å². The summed E-state index contributed by atoms with van der Waals surface area (Å²) in [6.45, 7) is 12.4. The van der Waals surface area contributed by atoms with Crippen molar-refractivity contribution in [1.82, 2.24) is 19.3 Å². The number of hydrogen-bond acceptors (Lipinski definition) is 8. The van der Waals surface area contributed by atoms with Crippen LogP contribution in [0, 0.1) is 31.1 Å². The molecule has 1 atom stereocenters. The maximum atomic E-state index is 13.7. The molecule has 7 rings (SSSR count). The van der Waals surface area contributed by atoms with Crippen molar-refractivity contribution in [2.24, 2.45) is 13.0 Å². The second-order valence-corrected chi connectivity index (χ2v) is 15.5. The number of aryl methyl sites for hydroxylation is 1. The Balaban J connectivity index is 1.05. The fourth-order valence-corrected chi connectivity index (χ4v) is 8.89. The predicted molar refractivity (Wildman–Crippen MR) is 205 cm³/mol. The number of piperazine rings is 1. The number of amides is 1. The van der Waals surface area contributed by atoms with E-state index in [2.05, 4.69) is 53.1 Å². The molecule has 10 heteroatoms. The van der Waals surface area contributed by atoms with E-state index in [1.165, 1.54) is 29.5 Å². The third kappa shape index (κ3) is 7.15. The molecule has 2 saturated heterocycles. The van der Waals surface area contributed by atoms with Crippen molar-refractivity contribution in [3.63, 3.8) is 0 Å². The lowest BCUT2D eigenvalue weighted by molar-refractivity contribution is -0.129. The summed E-state index contributed by atoms with van der Waals surface area (Å²) >= 11 is 0. The lowest BCUT2D eigenvalue weighted by atomic mass is 9.88. The second-order valence-electron chi connectivity index (χ2n) is 15.5. The van der Waals surface area contributed by atoms with Gasteiger partial charge in [0.2, 0.25) is 0 Å². The number of pyridine rings is 1. The van der Waals surface area contributed by atoms with Crippen LogP contribution in [0.1, 0.15) is 72.0 Å². The molecule has 53 heavy (non-hydrogen) atoms. The molecule has 3 aromatic rings. The normalized spacial score (nSPS) is 20.6. The van der Waals surface area contributed by atoms with E-state index in [1.54, 1.807) is 25.8 Å². The molecular formula is C43H53N5O5. The van der Waals surface area contributed by atoms with Gasteiger partial charge >= 0.3 is 0 Å². The van der Waals surface area contributed by atoms with Gasteiger partial charge < -0.3 is 23.7 Å². The van der Waals surface area contributed by atoms with Crippen LogP contribution in [0.25, 0.3) is 11.1 Å². The van der Waals surface area contributed by atoms with Crippen LogP contribution in [0.3, 0.4) is 0 Å². The Morgan fingerprint density at radius 3 is 2.42 bits per heavy atom. The van der Waals surface area contributed by atoms with Crippen LogP contribution in [0.15, 0.2) is 53.0 Å². The summed E-state index contributed by atoms with van der Waals surface area (Å²) in [5.74, 6) is 1.64. The number of hydrogen-bond donors (Lipinski definition) is 0. The average molecular weight is 720 g/mol. The van der Waals surface area contributed by atoms with Gasteiger partial charge in [0.15, 0.2) is 0 Å². The van der Waals surface area contributed by atoms with Crippen LogP contribution >= 0.6 is 0 Å². The first kappa shape index (κ1) is 36.9. The minimum Gasteiger partial charge on any atom is -0.496 e. The highest BCUT2D eigenvalue weighted by atomic mass is 16.5. The van der Waals surface area contributed by atoms with Gasteiger partial charge in [0.25, 0.3) is 11.5 Å². The molecule has 0 bridgehead atoms. The number of rotatable bonds is 9. The maximum Gasteiger partial charge on any atom is 0.264 e. The van der Waals surface area contributed by atoms with E-state index in [1.807, 2.05) is 31.0 Å². The highest BCUT2D eigenvalue weighted by Gasteiger charge is 2.51. The Hall–Kier alpha value is -4.43. The van der Waals surface area contributed by atoms with E-state index in [0.29, 0.717) is 19.8 Å². The molecule has 1 amide bonds. The van der Waals surface area contributed by atoms with Crippen LogP contribution in [-0.2, 0) is 36.1 Å². The van der Waals surface area contributed by atoms with Gasteiger partial charge in [0.05, 0.1) is 25.8 Å². The lowest BCUT2D eigenvalue weighted by Gasteiger charge is -2.43. The number of ether oxygens (including phenoxy) is 3. The molecule has 1 spiro atoms. The van der Waals surface area contributed by atoms with Gasteiger partial charge in [-0.1, -0.05) is 24.3 Å². The molecule has 1 aromatic heterocycles. The second kappa shape index (κ2) is 15.1. The predicted octanol–water partition coefficient (Wildman–Crippen LogP) is 5.86. The quantitative estimate of drug-likeness (QED) is 0.201. The van der Waals surface area contributed by atoms with Gasteiger partial charge in [-0.3, -0.25) is 19.4 Å². The molecule has 2 aromatic carbocycles. The molecular weight excluding hydrogens is 667 g/mol. The van der Waals surface area contributed by atoms with Crippen LogP contribution in [0.5, 0.6) is 11.5 Å². The molecule has 3 aliphatic heterocycles. The van der Waals surface area contributed by atoms with Crippen molar-refractivity contribution < 1.29 is 19.0 Å². The molecule has 0 N–H and O–H groups in total. The summed E-state index contributed by atoms with van der Waals surface area (Å²) in [5.41, 5.74) is 9.01. The highest BCUT2D eigenvalue weighted by Crippen LogP contribution is 2.47. The largest absolute Gasteiger partial charge is 0.496 e. The number of carbonyl (C=O) groups excluding carboxylic acids is 1. The molecule has 10 nitrogen and oxygen atoms in total. The fourth-order valence-electron chi connectivity index (χ4n) is 8.89. The van der Waals surface area contributed by atoms with Gasteiger partial charge in [0.1, 0.15) is 23.1 Å². The first-order chi connectivity index (χ1) is 25.6. The number of allylic oxidation sites excluding steroid dienone is 1. The van der Waals surface area contributed by atoms with Gasteiger partial charge in [-0.25, -0.2) is 0 Å². The van der Waals surface area contributed by atoms with Crippen LogP contribution in [-0.4, -0.2) is 84.3 Å². The van der Waals surface area contributed by atoms with E-state index >= 15 is 0 Å². The molecule has 1 saturated carbocycles. The van der Waals surface area contributed by atoms with Gasteiger partial charge in [-0.15, -0.1) is 0 Å². The Morgan fingerprint density at radius 1 is 1.04 bits per heavy atom.